The van der Waals surface area contributed by atoms with E-state index in [4.69, 9.17) is 33.1 Å². The van der Waals surface area contributed by atoms with Gasteiger partial charge >= 0.3 is 5.97 Å². The van der Waals surface area contributed by atoms with Crippen molar-refractivity contribution in [3.8, 4) is 32.6 Å². The van der Waals surface area contributed by atoms with Crippen LogP contribution in [0.15, 0.2) is 65.6 Å². The first-order valence-corrected chi connectivity index (χ1v) is 12.2. The van der Waals surface area contributed by atoms with Crippen LogP contribution in [-0.4, -0.2) is 24.2 Å². The number of hydrogen-bond acceptors (Lipinski definition) is 6. The Morgan fingerprint density at radius 1 is 1.06 bits per heavy atom. The Kier molecular flexibility index (Phi) is 6.11. The molecule has 2 aromatic carbocycles. The number of carbonyl (C=O) groups is 1. The highest BCUT2D eigenvalue weighted by Gasteiger charge is 2.18. The van der Waals surface area contributed by atoms with E-state index in [-0.39, 0.29) is 10.8 Å². The van der Waals surface area contributed by atoms with Crippen LogP contribution in [0.2, 0.25) is 10.0 Å². The summed E-state index contributed by atoms with van der Waals surface area (Å²) in [6.07, 6.45) is 0. The van der Waals surface area contributed by atoms with Gasteiger partial charge in [-0.1, -0.05) is 35.3 Å². The molecule has 0 atom stereocenters. The summed E-state index contributed by atoms with van der Waals surface area (Å²) in [7, 11) is -3.82. The van der Waals surface area contributed by atoms with E-state index in [1.165, 1.54) is 30.4 Å². The van der Waals surface area contributed by atoms with Gasteiger partial charge in [-0.05, 0) is 48.0 Å². The van der Waals surface area contributed by atoms with E-state index in [0.717, 1.165) is 9.75 Å². The number of sulfonamides is 1. The first kappa shape index (κ1) is 22.5. The number of halogens is 2. The molecule has 2 heterocycles. The van der Waals surface area contributed by atoms with Gasteiger partial charge in [-0.2, -0.15) is 0 Å². The number of esters is 1. The van der Waals surface area contributed by atoms with Gasteiger partial charge in [0.1, 0.15) is 0 Å². The van der Waals surface area contributed by atoms with E-state index >= 15 is 0 Å². The molecular formula is C21H15Cl2N3O4S2. The lowest BCUT2D eigenvalue weighted by Gasteiger charge is -2.08. The van der Waals surface area contributed by atoms with Crippen molar-refractivity contribution in [2.24, 2.45) is 5.14 Å². The minimum atomic E-state index is -3.82. The first-order chi connectivity index (χ1) is 15.1. The minimum Gasteiger partial charge on any atom is -0.406 e. The van der Waals surface area contributed by atoms with Gasteiger partial charge in [0.2, 0.25) is 15.9 Å². The van der Waals surface area contributed by atoms with Crippen molar-refractivity contribution in [1.82, 2.24) is 9.78 Å². The topological polar surface area (TPSA) is 104 Å². The summed E-state index contributed by atoms with van der Waals surface area (Å²) in [4.78, 5) is 13.1. The lowest BCUT2D eigenvalue weighted by molar-refractivity contribution is -0.132. The van der Waals surface area contributed by atoms with Crippen molar-refractivity contribution in [1.29, 1.82) is 0 Å². The average molecular weight is 508 g/mol. The molecule has 0 aliphatic heterocycles. The maximum absolute atomic E-state index is 11.7. The summed E-state index contributed by atoms with van der Waals surface area (Å²) in [6, 6.07) is 16.7. The van der Waals surface area contributed by atoms with Gasteiger partial charge < -0.3 is 4.74 Å². The van der Waals surface area contributed by atoms with E-state index in [0.29, 0.717) is 27.0 Å². The predicted molar refractivity (Wildman–Crippen MR) is 125 cm³/mol. The molecule has 4 rings (SSSR count). The van der Waals surface area contributed by atoms with Crippen molar-refractivity contribution < 1.29 is 17.9 Å². The standard InChI is InChI=1S/C21H15Cl2N3O4S2/c1-12(27)30-21-11-18(26(25-21)17-10-14(22)5-6-16(17)23)20-8-7-19(31-20)13-3-2-4-15(9-13)32(24,28)29/h2-11H,1H3,(H2,24,28,29). The fourth-order valence-corrected chi connectivity index (χ4v) is 4.95. The van der Waals surface area contributed by atoms with Crippen molar-refractivity contribution >= 4 is 50.5 Å². The molecule has 0 spiro atoms. The third kappa shape index (κ3) is 4.72. The zero-order chi connectivity index (χ0) is 23.0. The van der Waals surface area contributed by atoms with Crippen molar-refractivity contribution in [2.45, 2.75) is 11.8 Å². The molecule has 2 aromatic heterocycles. The number of nitrogens with zero attached hydrogens (tertiary/aromatic N) is 2. The maximum atomic E-state index is 11.7. The minimum absolute atomic E-state index is 0.0258. The highest BCUT2D eigenvalue weighted by Crippen LogP contribution is 2.38. The van der Waals surface area contributed by atoms with Crippen LogP contribution in [0.4, 0.5) is 0 Å². The Balaban J connectivity index is 1.83. The third-order valence-corrected chi connectivity index (χ3v) is 7.00. The molecule has 4 aromatic rings. The van der Waals surface area contributed by atoms with Crippen LogP contribution in [0.5, 0.6) is 5.88 Å². The number of thiophene rings is 1. The second-order valence-corrected chi connectivity index (χ2v) is 10.2. The largest absolute Gasteiger partial charge is 0.406 e. The molecule has 0 amide bonds. The number of nitrogens with two attached hydrogens (primary N) is 1. The fraction of sp³-hybridized carbons (Fsp3) is 0.0476. The van der Waals surface area contributed by atoms with Gasteiger partial charge in [0.25, 0.3) is 0 Å². The van der Waals surface area contributed by atoms with E-state index in [9.17, 15) is 13.2 Å². The fourth-order valence-electron chi connectivity index (χ4n) is 3.02. The Labute approximate surface area is 198 Å². The van der Waals surface area contributed by atoms with Gasteiger partial charge in [-0.3, -0.25) is 4.79 Å². The van der Waals surface area contributed by atoms with Crippen molar-refractivity contribution in [3.63, 3.8) is 0 Å². The van der Waals surface area contributed by atoms with Crippen LogP contribution in [0, 0.1) is 0 Å². The number of primary sulfonamides is 1. The third-order valence-electron chi connectivity index (χ3n) is 4.38. The molecule has 0 bridgehead atoms. The van der Waals surface area contributed by atoms with E-state index in [2.05, 4.69) is 5.10 Å². The summed E-state index contributed by atoms with van der Waals surface area (Å²) in [5, 5.41) is 10.5. The zero-order valence-electron chi connectivity index (χ0n) is 16.5. The van der Waals surface area contributed by atoms with Gasteiger partial charge in [-0.25, -0.2) is 18.2 Å². The molecule has 0 saturated carbocycles. The lowest BCUT2D eigenvalue weighted by atomic mass is 10.2. The van der Waals surface area contributed by atoms with Gasteiger partial charge in [0.05, 0.1) is 26.2 Å². The average Bonchev–Trinajstić information content (AvgIpc) is 3.36. The Bertz CT molecular complexity index is 1450. The molecule has 0 fully saturated rings. The van der Waals surface area contributed by atoms with Crippen molar-refractivity contribution in [2.75, 3.05) is 0 Å². The molecule has 32 heavy (non-hydrogen) atoms. The molecule has 11 heteroatoms. The van der Waals surface area contributed by atoms with E-state index in [1.807, 2.05) is 12.1 Å². The quantitative estimate of drug-likeness (QED) is 0.376. The van der Waals surface area contributed by atoms with Gasteiger partial charge in [0.15, 0.2) is 0 Å². The smallest absolute Gasteiger partial charge is 0.309 e. The summed E-state index contributed by atoms with van der Waals surface area (Å²) >= 11 is 13.9. The lowest BCUT2D eigenvalue weighted by Crippen LogP contribution is -2.11. The Morgan fingerprint density at radius 2 is 1.81 bits per heavy atom. The van der Waals surface area contributed by atoms with Crippen LogP contribution in [0.25, 0.3) is 26.7 Å². The summed E-state index contributed by atoms with van der Waals surface area (Å²) in [5.74, 6) is -0.403. The number of benzene rings is 2. The van der Waals surface area contributed by atoms with E-state index < -0.39 is 16.0 Å². The number of aromatic nitrogens is 2. The van der Waals surface area contributed by atoms with E-state index in [1.54, 1.807) is 41.1 Å². The van der Waals surface area contributed by atoms with Gasteiger partial charge in [-0.15, -0.1) is 16.4 Å². The summed E-state index contributed by atoms with van der Waals surface area (Å²) in [5.41, 5.74) is 1.82. The molecule has 0 saturated heterocycles. The Hall–Kier alpha value is -2.69. The van der Waals surface area contributed by atoms with Gasteiger partial charge in [0, 0.05) is 22.9 Å². The Morgan fingerprint density at radius 3 is 2.53 bits per heavy atom. The maximum Gasteiger partial charge on any atom is 0.309 e. The second-order valence-electron chi connectivity index (χ2n) is 6.71. The van der Waals surface area contributed by atoms with Crippen LogP contribution in [0.1, 0.15) is 6.92 Å². The second kappa shape index (κ2) is 8.68. The molecule has 0 aliphatic rings. The molecule has 0 unspecified atom stereocenters. The predicted octanol–water partition coefficient (Wildman–Crippen LogP) is 5.15. The number of carbonyl (C=O) groups excluding carboxylic acids is 1. The van der Waals surface area contributed by atoms with Crippen molar-refractivity contribution in [3.05, 3.63) is 70.7 Å². The molecule has 7 nitrogen and oxygen atoms in total. The normalized spacial score (nSPS) is 11.5. The molecular weight excluding hydrogens is 493 g/mol. The first-order valence-electron chi connectivity index (χ1n) is 9.09. The molecule has 0 radical (unpaired) electrons. The number of rotatable bonds is 5. The number of hydrogen-bond donors (Lipinski definition) is 1. The van der Waals surface area contributed by atoms with Crippen LogP contribution >= 0.6 is 34.5 Å². The van der Waals surface area contributed by atoms with Crippen LogP contribution in [-0.2, 0) is 14.8 Å². The number of ether oxygens (including phenoxy) is 1. The SMILES string of the molecule is CC(=O)Oc1cc(-c2ccc(-c3cccc(S(N)(=O)=O)c3)s2)n(-c2cc(Cl)ccc2Cl)n1. The molecule has 164 valence electrons. The van der Waals surface area contributed by atoms with Crippen LogP contribution in [0.3, 0.4) is 0 Å². The molecule has 0 aliphatic carbocycles. The highest BCUT2D eigenvalue weighted by molar-refractivity contribution is 7.89. The zero-order valence-corrected chi connectivity index (χ0v) is 19.6. The highest BCUT2D eigenvalue weighted by atomic mass is 35.5. The molecule has 2 N–H and O–H groups in total. The van der Waals surface area contributed by atoms with Crippen LogP contribution < -0.4 is 9.88 Å². The summed E-state index contributed by atoms with van der Waals surface area (Å²) in [6.45, 7) is 1.28. The summed E-state index contributed by atoms with van der Waals surface area (Å²) < 4.78 is 30.1. The monoisotopic (exact) mass is 507 g/mol.